The normalized spacial score (nSPS) is 18.3. The summed E-state index contributed by atoms with van der Waals surface area (Å²) in [6.45, 7) is 1.29. The quantitative estimate of drug-likeness (QED) is 0.786. The third-order valence-corrected chi connectivity index (χ3v) is 5.19. The fourth-order valence-electron chi connectivity index (χ4n) is 2.31. The Labute approximate surface area is 145 Å². The van der Waals surface area contributed by atoms with Crippen molar-refractivity contribution in [2.24, 2.45) is 0 Å². The summed E-state index contributed by atoms with van der Waals surface area (Å²) in [5.74, 6) is 0.0426. The summed E-state index contributed by atoms with van der Waals surface area (Å²) in [5, 5.41) is 2.38. The number of halogens is 2. The Morgan fingerprint density at radius 3 is 2.91 bits per heavy atom. The van der Waals surface area contributed by atoms with Crippen LogP contribution in [0.5, 0.6) is 6.01 Å². The van der Waals surface area contributed by atoms with Crippen molar-refractivity contribution in [1.29, 1.82) is 0 Å². The molecule has 8 heteroatoms. The Balaban J connectivity index is 1.63. The maximum absolute atomic E-state index is 12.5. The van der Waals surface area contributed by atoms with E-state index in [0.717, 1.165) is 28.7 Å². The average Bonchev–Trinajstić information content (AvgIpc) is 2.96. The van der Waals surface area contributed by atoms with Crippen LogP contribution in [0.15, 0.2) is 28.3 Å². The van der Waals surface area contributed by atoms with E-state index < -0.39 is 0 Å². The highest BCUT2D eigenvalue weighted by molar-refractivity contribution is 9.10. The van der Waals surface area contributed by atoms with E-state index in [1.807, 2.05) is 16.3 Å². The van der Waals surface area contributed by atoms with Gasteiger partial charge in [-0.25, -0.2) is 9.97 Å². The fraction of sp³-hybridized carbons (Fsp3) is 0.357. The summed E-state index contributed by atoms with van der Waals surface area (Å²) in [6.07, 6.45) is 4.68. The number of carbonyl (C=O) groups is 1. The van der Waals surface area contributed by atoms with Crippen LogP contribution >= 0.6 is 38.9 Å². The molecule has 1 aliphatic heterocycles. The minimum atomic E-state index is -0.0951. The number of ether oxygens (including phenoxy) is 1. The molecule has 0 aliphatic carbocycles. The standard InChI is InChI=1S/C14H13BrClN3O2S/c15-9-4-12(22-8-9)13(20)19-3-1-2-11(7-19)21-14-17-5-10(16)6-18-14/h4-6,8,11H,1-3,7H2. The third-order valence-electron chi connectivity index (χ3n) is 3.31. The molecule has 1 unspecified atom stereocenters. The van der Waals surface area contributed by atoms with Crippen molar-refractivity contribution < 1.29 is 9.53 Å². The van der Waals surface area contributed by atoms with Crippen LogP contribution in [0.2, 0.25) is 5.02 Å². The van der Waals surface area contributed by atoms with Crippen molar-refractivity contribution in [3.63, 3.8) is 0 Å². The lowest BCUT2D eigenvalue weighted by molar-refractivity contribution is 0.0520. The van der Waals surface area contributed by atoms with Gasteiger partial charge < -0.3 is 9.64 Å². The number of hydrogen-bond acceptors (Lipinski definition) is 5. The SMILES string of the molecule is O=C(c1cc(Br)cs1)N1CCCC(Oc2ncc(Cl)cn2)C1. The molecule has 1 fully saturated rings. The lowest BCUT2D eigenvalue weighted by Gasteiger charge is -2.32. The smallest absolute Gasteiger partial charge is 0.316 e. The number of likely N-dealkylation sites (tertiary alicyclic amines) is 1. The van der Waals surface area contributed by atoms with Crippen LogP contribution in [0.25, 0.3) is 0 Å². The van der Waals surface area contributed by atoms with Gasteiger partial charge in [-0.3, -0.25) is 4.79 Å². The van der Waals surface area contributed by atoms with Crippen LogP contribution in [0, 0.1) is 0 Å². The molecule has 0 aromatic carbocycles. The molecular weight excluding hydrogens is 390 g/mol. The van der Waals surface area contributed by atoms with Gasteiger partial charge in [0, 0.05) is 16.4 Å². The second kappa shape index (κ2) is 6.93. The van der Waals surface area contributed by atoms with Gasteiger partial charge in [0.2, 0.25) is 0 Å². The van der Waals surface area contributed by atoms with Crippen molar-refractivity contribution in [3.05, 3.63) is 38.2 Å². The molecule has 1 aliphatic rings. The molecule has 0 saturated carbocycles. The van der Waals surface area contributed by atoms with Crippen LogP contribution in [0.4, 0.5) is 0 Å². The van der Waals surface area contributed by atoms with Crippen LogP contribution in [-0.4, -0.2) is 40.0 Å². The number of rotatable bonds is 3. The third kappa shape index (κ3) is 3.77. The van der Waals surface area contributed by atoms with E-state index in [0.29, 0.717) is 17.6 Å². The zero-order valence-electron chi connectivity index (χ0n) is 11.5. The summed E-state index contributed by atoms with van der Waals surface area (Å²) < 4.78 is 6.68. The van der Waals surface area contributed by atoms with E-state index in [1.165, 1.54) is 23.7 Å². The average molecular weight is 403 g/mol. The van der Waals surface area contributed by atoms with Gasteiger partial charge in [-0.15, -0.1) is 11.3 Å². The first kappa shape index (κ1) is 15.7. The van der Waals surface area contributed by atoms with Gasteiger partial charge >= 0.3 is 6.01 Å². The minimum absolute atomic E-state index is 0.0426. The van der Waals surface area contributed by atoms with Gasteiger partial charge in [0.15, 0.2) is 0 Å². The number of hydrogen-bond donors (Lipinski definition) is 0. The minimum Gasteiger partial charge on any atom is -0.458 e. The topological polar surface area (TPSA) is 55.3 Å². The van der Waals surface area contributed by atoms with Crippen LogP contribution in [-0.2, 0) is 0 Å². The molecule has 1 atom stereocenters. The van der Waals surface area contributed by atoms with E-state index in [9.17, 15) is 4.79 Å². The van der Waals surface area contributed by atoms with Gasteiger partial charge in [-0.2, -0.15) is 0 Å². The molecule has 0 spiro atoms. The molecule has 0 bridgehead atoms. The Hall–Kier alpha value is -1.18. The highest BCUT2D eigenvalue weighted by atomic mass is 79.9. The number of carbonyl (C=O) groups excluding carboxylic acids is 1. The Bertz CT molecular complexity index is 664. The Morgan fingerprint density at radius 2 is 2.23 bits per heavy atom. The van der Waals surface area contributed by atoms with Crippen molar-refractivity contribution in [3.8, 4) is 6.01 Å². The summed E-state index contributed by atoms with van der Waals surface area (Å²) in [7, 11) is 0. The summed E-state index contributed by atoms with van der Waals surface area (Å²) >= 11 is 10.6. The van der Waals surface area contributed by atoms with Gasteiger partial charge in [0.05, 0.1) is 28.8 Å². The van der Waals surface area contributed by atoms with Crippen LogP contribution in [0.3, 0.4) is 0 Å². The first-order valence-electron chi connectivity index (χ1n) is 6.79. The van der Waals surface area contributed by atoms with Crippen molar-refractivity contribution >= 4 is 44.8 Å². The zero-order chi connectivity index (χ0) is 15.5. The molecule has 1 saturated heterocycles. The van der Waals surface area contributed by atoms with Gasteiger partial charge in [-0.1, -0.05) is 11.6 Å². The second-order valence-electron chi connectivity index (χ2n) is 4.95. The van der Waals surface area contributed by atoms with Gasteiger partial charge in [0.25, 0.3) is 5.91 Å². The highest BCUT2D eigenvalue weighted by Gasteiger charge is 2.26. The Morgan fingerprint density at radius 1 is 1.45 bits per heavy atom. The van der Waals surface area contributed by atoms with E-state index in [-0.39, 0.29) is 12.0 Å². The summed E-state index contributed by atoms with van der Waals surface area (Å²) in [4.78, 5) is 23.1. The molecule has 0 N–H and O–H groups in total. The largest absolute Gasteiger partial charge is 0.458 e. The van der Waals surface area contributed by atoms with Crippen LogP contribution < -0.4 is 4.74 Å². The van der Waals surface area contributed by atoms with Gasteiger partial charge in [0.1, 0.15) is 6.10 Å². The summed E-state index contributed by atoms with van der Waals surface area (Å²) in [6, 6.07) is 2.14. The highest BCUT2D eigenvalue weighted by Crippen LogP contribution is 2.23. The first-order valence-corrected chi connectivity index (χ1v) is 8.84. The number of aromatic nitrogens is 2. The molecule has 116 valence electrons. The molecule has 3 rings (SSSR count). The maximum Gasteiger partial charge on any atom is 0.316 e. The fourth-order valence-corrected chi connectivity index (χ4v) is 3.80. The molecule has 2 aromatic rings. The molecule has 5 nitrogen and oxygen atoms in total. The second-order valence-corrected chi connectivity index (χ2v) is 7.21. The molecule has 22 heavy (non-hydrogen) atoms. The zero-order valence-corrected chi connectivity index (χ0v) is 14.7. The van der Waals surface area contributed by atoms with Gasteiger partial charge in [-0.05, 0) is 34.8 Å². The van der Waals surface area contributed by atoms with Crippen molar-refractivity contribution in [2.45, 2.75) is 18.9 Å². The van der Waals surface area contributed by atoms with Crippen molar-refractivity contribution in [2.75, 3.05) is 13.1 Å². The monoisotopic (exact) mass is 401 g/mol. The first-order chi connectivity index (χ1) is 10.6. The maximum atomic E-state index is 12.5. The number of thiophene rings is 1. The predicted molar refractivity (Wildman–Crippen MR) is 88.6 cm³/mol. The predicted octanol–water partition coefficient (Wildman–Crippen LogP) is 3.64. The molecule has 2 aromatic heterocycles. The van der Waals surface area contributed by atoms with E-state index in [4.69, 9.17) is 16.3 Å². The number of piperidine rings is 1. The van der Waals surface area contributed by atoms with E-state index >= 15 is 0 Å². The molecular formula is C14H13BrClN3O2S. The Kier molecular flexibility index (Phi) is 4.95. The van der Waals surface area contributed by atoms with E-state index in [1.54, 1.807) is 0 Å². The van der Waals surface area contributed by atoms with Crippen LogP contribution in [0.1, 0.15) is 22.5 Å². The lowest BCUT2D eigenvalue weighted by atomic mass is 10.1. The summed E-state index contributed by atoms with van der Waals surface area (Å²) in [5.41, 5.74) is 0. The molecule has 3 heterocycles. The number of nitrogens with zero attached hydrogens (tertiary/aromatic N) is 3. The van der Waals surface area contributed by atoms with E-state index in [2.05, 4.69) is 25.9 Å². The molecule has 0 radical (unpaired) electrons. The lowest BCUT2D eigenvalue weighted by Crippen LogP contribution is -2.44. The van der Waals surface area contributed by atoms with Crippen molar-refractivity contribution in [1.82, 2.24) is 14.9 Å². The molecule has 1 amide bonds. The number of amides is 1.